The first-order valence-corrected chi connectivity index (χ1v) is 10.3. The first-order chi connectivity index (χ1) is 13.4. The lowest BCUT2D eigenvalue weighted by atomic mass is 9.89. The third-order valence-electron chi connectivity index (χ3n) is 5.34. The molecule has 0 saturated heterocycles. The van der Waals surface area contributed by atoms with Gasteiger partial charge in [-0.05, 0) is 55.4 Å². The predicted octanol–water partition coefficient (Wildman–Crippen LogP) is 3.60. The van der Waals surface area contributed by atoms with Crippen LogP contribution in [0, 0.1) is 11.7 Å². The summed E-state index contributed by atoms with van der Waals surface area (Å²) in [6, 6.07) is 5.72. The van der Waals surface area contributed by atoms with Gasteiger partial charge in [-0.25, -0.2) is 9.37 Å². The summed E-state index contributed by atoms with van der Waals surface area (Å²) in [6.45, 7) is 3.96. The Balaban J connectivity index is 1.54. The van der Waals surface area contributed by atoms with Crippen molar-refractivity contribution in [2.24, 2.45) is 5.92 Å². The SMILES string of the molecule is C[C@H]1CCc2c(sc3ncn(CC(=O)N[C@@H](C)c4ccc(F)cc4)c(=O)c23)C1. The Labute approximate surface area is 166 Å². The van der Waals surface area contributed by atoms with Crippen LogP contribution in [0.3, 0.4) is 0 Å². The fourth-order valence-electron chi connectivity index (χ4n) is 3.76. The molecule has 2 heterocycles. The van der Waals surface area contributed by atoms with E-state index in [1.165, 1.54) is 27.9 Å². The van der Waals surface area contributed by atoms with E-state index in [2.05, 4.69) is 17.2 Å². The molecule has 2 atom stereocenters. The van der Waals surface area contributed by atoms with Crippen LogP contribution in [0.25, 0.3) is 10.2 Å². The number of aromatic nitrogens is 2. The van der Waals surface area contributed by atoms with Crippen LogP contribution in [-0.2, 0) is 24.2 Å². The van der Waals surface area contributed by atoms with E-state index in [9.17, 15) is 14.0 Å². The molecule has 0 radical (unpaired) electrons. The Hall–Kier alpha value is -2.54. The minimum Gasteiger partial charge on any atom is -0.348 e. The summed E-state index contributed by atoms with van der Waals surface area (Å²) in [5.41, 5.74) is 1.77. The van der Waals surface area contributed by atoms with Crippen molar-refractivity contribution in [2.75, 3.05) is 0 Å². The van der Waals surface area contributed by atoms with Crippen LogP contribution in [0.1, 0.15) is 42.3 Å². The molecule has 146 valence electrons. The summed E-state index contributed by atoms with van der Waals surface area (Å²) in [6.07, 6.45) is 4.41. The van der Waals surface area contributed by atoms with Crippen LogP contribution in [0.15, 0.2) is 35.4 Å². The lowest BCUT2D eigenvalue weighted by Crippen LogP contribution is -2.34. The van der Waals surface area contributed by atoms with Crippen molar-refractivity contribution in [3.8, 4) is 0 Å². The summed E-state index contributed by atoms with van der Waals surface area (Å²) < 4.78 is 14.4. The first kappa shape index (κ1) is 18.8. The highest BCUT2D eigenvalue weighted by Gasteiger charge is 2.23. The smallest absolute Gasteiger partial charge is 0.262 e. The van der Waals surface area contributed by atoms with Gasteiger partial charge < -0.3 is 5.32 Å². The van der Waals surface area contributed by atoms with Crippen LogP contribution >= 0.6 is 11.3 Å². The van der Waals surface area contributed by atoms with Gasteiger partial charge in [0.15, 0.2) is 0 Å². The molecule has 0 unspecified atom stereocenters. The van der Waals surface area contributed by atoms with Crippen LogP contribution in [0.5, 0.6) is 0 Å². The van der Waals surface area contributed by atoms with E-state index in [1.54, 1.807) is 23.5 Å². The molecular formula is C21H22FN3O2S. The van der Waals surface area contributed by atoms with E-state index < -0.39 is 0 Å². The molecule has 0 spiro atoms. The van der Waals surface area contributed by atoms with Gasteiger partial charge in [0.2, 0.25) is 5.91 Å². The van der Waals surface area contributed by atoms with E-state index in [-0.39, 0.29) is 29.9 Å². The molecule has 28 heavy (non-hydrogen) atoms. The number of nitrogens with zero attached hydrogens (tertiary/aromatic N) is 2. The van der Waals surface area contributed by atoms with Gasteiger partial charge >= 0.3 is 0 Å². The van der Waals surface area contributed by atoms with Crippen LogP contribution in [0.2, 0.25) is 0 Å². The first-order valence-electron chi connectivity index (χ1n) is 9.47. The molecule has 1 aliphatic rings. The van der Waals surface area contributed by atoms with Crippen LogP contribution in [-0.4, -0.2) is 15.5 Å². The van der Waals surface area contributed by atoms with Crippen molar-refractivity contribution < 1.29 is 9.18 Å². The Kier molecular flexibility index (Phi) is 5.02. The number of hydrogen-bond acceptors (Lipinski definition) is 4. The number of fused-ring (bicyclic) bond motifs is 3. The molecule has 2 aromatic heterocycles. The molecule has 1 amide bonds. The Morgan fingerprint density at radius 1 is 1.39 bits per heavy atom. The van der Waals surface area contributed by atoms with Gasteiger partial charge in [-0.1, -0.05) is 19.1 Å². The molecule has 0 saturated carbocycles. The van der Waals surface area contributed by atoms with Gasteiger partial charge in [0.25, 0.3) is 5.56 Å². The Morgan fingerprint density at radius 3 is 2.89 bits per heavy atom. The van der Waals surface area contributed by atoms with Crippen molar-refractivity contribution in [1.29, 1.82) is 0 Å². The van der Waals surface area contributed by atoms with Gasteiger partial charge in [0.05, 0.1) is 17.8 Å². The molecule has 3 aromatic rings. The fourth-order valence-corrected chi connectivity index (χ4v) is 5.10. The molecule has 5 nitrogen and oxygen atoms in total. The Morgan fingerprint density at radius 2 is 2.14 bits per heavy atom. The van der Waals surface area contributed by atoms with E-state index in [0.29, 0.717) is 11.3 Å². The van der Waals surface area contributed by atoms with Crippen molar-refractivity contribution in [2.45, 2.75) is 45.7 Å². The second kappa shape index (κ2) is 7.47. The molecule has 1 aliphatic carbocycles. The number of nitrogens with one attached hydrogen (secondary N) is 1. The maximum Gasteiger partial charge on any atom is 0.262 e. The standard InChI is InChI=1S/C21H22FN3O2S/c1-12-3-8-16-17(9-12)28-20-19(16)21(27)25(11-23-20)10-18(26)24-13(2)14-4-6-15(22)7-5-14/h4-7,11-13H,3,8-10H2,1-2H3,(H,24,26)/t12-,13-/m0/s1. The lowest BCUT2D eigenvalue weighted by molar-refractivity contribution is -0.122. The highest BCUT2D eigenvalue weighted by molar-refractivity contribution is 7.18. The molecule has 1 aromatic carbocycles. The molecule has 7 heteroatoms. The number of hydrogen-bond donors (Lipinski definition) is 1. The minimum absolute atomic E-state index is 0.0890. The third kappa shape index (κ3) is 3.58. The summed E-state index contributed by atoms with van der Waals surface area (Å²) in [4.78, 5) is 31.9. The number of benzene rings is 1. The minimum atomic E-state index is -0.318. The topological polar surface area (TPSA) is 64.0 Å². The summed E-state index contributed by atoms with van der Waals surface area (Å²) in [5.74, 6) is 0.0287. The van der Waals surface area contributed by atoms with Crippen molar-refractivity contribution >= 4 is 27.5 Å². The highest BCUT2D eigenvalue weighted by atomic mass is 32.1. The predicted molar refractivity (Wildman–Crippen MR) is 108 cm³/mol. The van der Waals surface area contributed by atoms with E-state index >= 15 is 0 Å². The molecule has 0 aliphatic heterocycles. The monoisotopic (exact) mass is 399 g/mol. The number of carbonyl (C=O) groups is 1. The fraction of sp³-hybridized carbons (Fsp3) is 0.381. The number of amides is 1. The van der Waals surface area contributed by atoms with Gasteiger partial charge in [0, 0.05) is 4.88 Å². The molecule has 1 N–H and O–H groups in total. The van der Waals surface area contributed by atoms with Crippen LogP contribution < -0.4 is 10.9 Å². The lowest BCUT2D eigenvalue weighted by Gasteiger charge is -2.17. The van der Waals surface area contributed by atoms with Crippen LogP contribution in [0.4, 0.5) is 4.39 Å². The Bertz CT molecular complexity index is 1090. The average Bonchev–Trinajstić information content (AvgIpc) is 3.02. The third-order valence-corrected chi connectivity index (χ3v) is 6.51. The number of carbonyl (C=O) groups excluding carboxylic acids is 1. The average molecular weight is 399 g/mol. The zero-order valence-corrected chi connectivity index (χ0v) is 16.7. The van der Waals surface area contributed by atoms with Gasteiger partial charge in [-0.3, -0.25) is 14.2 Å². The van der Waals surface area contributed by atoms with Gasteiger partial charge in [0.1, 0.15) is 17.2 Å². The largest absolute Gasteiger partial charge is 0.348 e. The van der Waals surface area contributed by atoms with Crippen molar-refractivity contribution in [3.05, 3.63) is 62.8 Å². The quantitative estimate of drug-likeness (QED) is 0.729. The zero-order valence-electron chi connectivity index (χ0n) is 15.9. The number of rotatable bonds is 4. The summed E-state index contributed by atoms with van der Waals surface area (Å²) >= 11 is 1.60. The molecule has 4 rings (SSSR count). The number of thiophene rings is 1. The zero-order chi connectivity index (χ0) is 19.8. The van der Waals surface area contributed by atoms with E-state index in [4.69, 9.17) is 0 Å². The molecule has 0 fully saturated rings. The maximum atomic E-state index is 13.1. The molecule has 0 bridgehead atoms. The van der Waals surface area contributed by atoms with Crippen molar-refractivity contribution in [1.82, 2.24) is 14.9 Å². The van der Waals surface area contributed by atoms with E-state index in [0.717, 1.165) is 35.2 Å². The van der Waals surface area contributed by atoms with Gasteiger partial charge in [-0.15, -0.1) is 11.3 Å². The van der Waals surface area contributed by atoms with Crippen molar-refractivity contribution in [3.63, 3.8) is 0 Å². The maximum absolute atomic E-state index is 13.1. The normalized spacial score (nSPS) is 17.3. The number of aryl methyl sites for hydroxylation is 1. The summed E-state index contributed by atoms with van der Waals surface area (Å²) in [5, 5.41) is 3.53. The summed E-state index contributed by atoms with van der Waals surface area (Å²) in [7, 11) is 0. The van der Waals surface area contributed by atoms with Gasteiger partial charge in [-0.2, -0.15) is 0 Å². The van der Waals surface area contributed by atoms with E-state index in [1.807, 2.05) is 6.92 Å². The second-order valence-corrected chi connectivity index (χ2v) is 8.63. The second-order valence-electron chi connectivity index (χ2n) is 7.55. The molecular weight excluding hydrogens is 377 g/mol. The highest BCUT2D eigenvalue weighted by Crippen LogP contribution is 2.35. The number of halogens is 1.